The zero-order valence-electron chi connectivity index (χ0n) is 10.6. The average Bonchev–Trinajstić information content (AvgIpc) is 2.36. The standard InChI is InChI=1S/C13H13BrFN3O/c1-17(8-9-4-3-5-10(15)6-9)11-7-16-18(2)13(19)12(11)14/h3-7H,8H2,1-2H3. The lowest BCUT2D eigenvalue weighted by Gasteiger charge is -2.20. The molecule has 1 heterocycles. The van der Waals surface area contributed by atoms with Crippen LogP contribution in [-0.2, 0) is 13.6 Å². The summed E-state index contributed by atoms with van der Waals surface area (Å²) in [6, 6.07) is 6.37. The zero-order chi connectivity index (χ0) is 14.0. The van der Waals surface area contributed by atoms with E-state index < -0.39 is 0 Å². The van der Waals surface area contributed by atoms with Crippen LogP contribution in [0.25, 0.3) is 0 Å². The van der Waals surface area contributed by atoms with Crippen LogP contribution in [0, 0.1) is 5.82 Å². The van der Waals surface area contributed by atoms with Crippen molar-refractivity contribution in [1.29, 1.82) is 0 Å². The van der Waals surface area contributed by atoms with Gasteiger partial charge in [-0.05, 0) is 33.6 Å². The predicted octanol–water partition coefficient (Wildman–Crippen LogP) is 2.32. The van der Waals surface area contributed by atoms with Gasteiger partial charge in [0.15, 0.2) is 0 Å². The van der Waals surface area contributed by atoms with E-state index in [9.17, 15) is 9.18 Å². The second-order valence-corrected chi connectivity index (χ2v) is 5.05. The second-order valence-electron chi connectivity index (χ2n) is 4.26. The fourth-order valence-electron chi connectivity index (χ4n) is 1.76. The molecule has 0 atom stereocenters. The molecular weight excluding hydrogens is 313 g/mol. The molecule has 0 unspecified atom stereocenters. The van der Waals surface area contributed by atoms with Gasteiger partial charge in [0.25, 0.3) is 5.56 Å². The van der Waals surface area contributed by atoms with Crippen molar-refractivity contribution >= 4 is 21.6 Å². The maximum Gasteiger partial charge on any atom is 0.282 e. The molecule has 19 heavy (non-hydrogen) atoms. The summed E-state index contributed by atoms with van der Waals surface area (Å²) in [7, 11) is 3.41. The Morgan fingerprint density at radius 3 is 2.89 bits per heavy atom. The van der Waals surface area contributed by atoms with Gasteiger partial charge in [0.05, 0.1) is 11.9 Å². The highest BCUT2D eigenvalue weighted by atomic mass is 79.9. The van der Waals surface area contributed by atoms with E-state index in [0.717, 1.165) is 5.56 Å². The van der Waals surface area contributed by atoms with E-state index in [4.69, 9.17) is 0 Å². The van der Waals surface area contributed by atoms with Gasteiger partial charge >= 0.3 is 0 Å². The molecular formula is C13H13BrFN3O. The summed E-state index contributed by atoms with van der Waals surface area (Å²) in [5, 5.41) is 3.98. The first kappa shape index (κ1) is 13.7. The SMILES string of the molecule is CN(Cc1cccc(F)c1)c1cnn(C)c(=O)c1Br. The van der Waals surface area contributed by atoms with E-state index in [1.807, 2.05) is 18.0 Å². The lowest BCUT2D eigenvalue weighted by Crippen LogP contribution is -2.25. The Balaban J connectivity index is 2.28. The van der Waals surface area contributed by atoms with Crippen molar-refractivity contribution in [1.82, 2.24) is 9.78 Å². The van der Waals surface area contributed by atoms with Crippen molar-refractivity contribution in [3.05, 3.63) is 56.7 Å². The number of aromatic nitrogens is 2. The number of halogens is 2. The first-order chi connectivity index (χ1) is 8.99. The third-order valence-corrected chi connectivity index (χ3v) is 3.53. The molecule has 2 aromatic rings. The fraction of sp³-hybridized carbons (Fsp3) is 0.231. The van der Waals surface area contributed by atoms with Crippen LogP contribution < -0.4 is 10.5 Å². The van der Waals surface area contributed by atoms with Crippen LogP contribution in [0.5, 0.6) is 0 Å². The molecule has 0 radical (unpaired) electrons. The minimum atomic E-state index is -0.271. The van der Waals surface area contributed by atoms with Crippen molar-refractivity contribution in [3.63, 3.8) is 0 Å². The molecule has 100 valence electrons. The Morgan fingerprint density at radius 1 is 1.47 bits per heavy atom. The monoisotopic (exact) mass is 325 g/mol. The number of benzene rings is 1. The van der Waals surface area contributed by atoms with Crippen LogP contribution in [0.3, 0.4) is 0 Å². The number of aryl methyl sites for hydroxylation is 1. The average molecular weight is 326 g/mol. The molecule has 0 aliphatic carbocycles. The molecule has 0 bridgehead atoms. The van der Waals surface area contributed by atoms with Gasteiger partial charge in [0.2, 0.25) is 0 Å². The highest BCUT2D eigenvalue weighted by Crippen LogP contribution is 2.21. The van der Waals surface area contributed by atoms with Crippen LogP contribution in [0.2, 0.25) is 0 Å². The van der Waals surface area contributed by atoms with Crippen molar-refractivity contribution in [2.45, 2.75) is 6.54 Å². The van der Waals surface area contributed by atoms with E-state index in [0.29, 0.717) is 16.7 Å². The predicted molar refractivity (Wildman–Crippen MR) is 75.7 cm³/mol. The third kappa shape index (κ3) is 3.01. The van der Waals surface area contributed by atoms with Gasteiger partial charge in [0.1, 0.15) is 10.3 Å². The van der Waals surface area contributed by atoms with Gasteiger partial charge in [-0.1, -0.05) is 12.1 Å². The highest BCUT2D eigenvalue weighted by Gasteiger charge is 2.11. The number of anilines is 1. The van der Waals surface area contributed by atoms with Gasteiger partial charge in [-0.25, -0.2) is 9.07 Å². The maximum atomic E-state index is 13.1. The summed E-state index contributed by atoms with van der Waals surface area (Å²) in [6.45, 7) is 0.491. The largest absolute Gasteiger partial charge is 0.368 e. The van der Waals surface area contributed by atoms with Gasteiger partial charge in [-0.15, -0.1) is 0 Å². The zero-order valence-corrected chi connectivity index (χ0v) is 12.2. The number of hydrogen-bond donors (Lipinski definition) is 0. The van der Waals surface area contributed by atoms with Crippen LogP contribution in [0.1, 0.15) is 5.56 Å². The van der Waals surface area contributed by atoms with E-state index in [-0.39, 0.29) is 11.4 Å². The van der Waals surface area contributed by atoms with Gasteiger partial charge in [0, 0.05) is 20.6 Å². The van der Waals surface area contributed by atoms with Crippen LogP contribution >= 0.6 is 15.9 Å². The first-order valence-corrected chi connectivity index (χ1v) is 6.45. The Kier molecular flexibility index (Phi) is 3.99. The summed E-state index contributed by atoms with van der Waals surface area (Å²) in [6.07, 6.45) is 1.60. The van der Waals surface area contributed by atoms with E-state index in [1.165, 1.54) is 16.8 Å². The van der Waals surface area contributed by atoms with Crippen LogP contribution in [-0.4, -0.2) is 16.8 Å². The number of nitrogens with zero attached hydrogens (tertiary/aromatic N) is 3. The van der Waals surface area contributed by atoms with Crippen molar-refractivity contribution in [3.8, 4) is 0 Å². The fourth-order valence-corrected chi connectivity index (χ4v) is 2.42. The van der Waals surface area contributed by atoms with E-state index >= 15 is 0 Å². The highest BCUT2D eigenvalue weighted by molar-refractivity contribution is 9.10. The normalized spacial score (nSPS) is 10.5. The van der Waals surface area contributed by atoms with E-state index in [2.05, 4.69) is 21.0 Å². The summed E-state index contributed by atoms with van der Waals surface area (Å²) in [5.41, 5.74) is 1.30. The number of hydrogen-bond acceptors (Lipinski definition) is 3. The lowest BCUT2D eigenvalue weighted by molar-refractivity contribution is 0.625. The second kappa shape index (κ2) is 5.52. The number of rotatable bonds is 3. The Labute approximate surface area is 118 Å². The van der Waals surface area contributed by atoms with Crippen LogP contribution in [0.15, 0.2) is 39.7 Å². The summed E-state index contributed by atoms with van der Waals surface area (Å²) >= 11 is 3.27. The molecule has 0 aliphatic heterocycles. The molecule has 0 saturated heterocycles. The molecule has 0 saturated carbocycles. The Morgan fingerprint density at radius 2 is 2.21 bits per heavy atom. The minimum absolute atomic E-state index is 0.205. The van der Waals surface area contributed by atoms with Crippen molar-refractivity contribution < 1.29 is 4.39 Å². The molecule has 0 spiro atoms. The molecule has 4 nitrogen and oxygen atoms in total. The minimum Gasteiger partial charge on any atom is -0.368 e. The topological polar surface area (TPSA) is 38.1 Å². The first-order valence-electron chi connectivity index (χ1n) is 5.66. The molecule has 6 heteroatoms. The van der Waals surface area contributed by atoms with Crippen molar-refractivity contribution in [2.75, 3.05) is 11.9 Å². The molecule has 0 N–H and O–H groups in total. The van der Waals surface area contributed by atoms with Crippen LogP contribution in [0.4, 0.5) is 10.1 Å². The molecule has 2 rings (SSSR count). The quantitative estimate of drug-likeness (QED) is 0.869. The summed E-state index contributed by atoms with van der Waals surface area (Å²) < 4.78 is 14.8. The van der Waals surface area contributed by atoms with Gasteiger partial charge < -0.3 is 4.90 Å². The van der Waals surface area contributed by atoms with E-state index in [1.54, 1.807) is 19.3 Å². The lowest BCUT2D eigenvalue weighted by atomic mass is 10.2. The maximum absolute atomic E-state index is 13.1. The molecule has 0 fully saturated rings. The van der Waals surface area contributed by atoms with Crippen molar-refractivity contribution in [2.24, 2.45) is 7.05 Å². The van der Waals surface area contributed by atoms with Gasteiger partial charge in [-0.2, -0.15) is 5.10 Å². The summed E-state index contributed by atoms with van der Waals surface area (Å²) in [5.74, 6) is -0.271. The summed E-state index contributed by atoms with van der Waals surface area (Å²) in [4.78, 5) is 13.6. The molecule has 1 aromatic heterocycles. The smallest absolute Gasteiger partial charge is 0.282 e. The Bertz CT molecular complexity index is 657. The Hall–Kier alpha value is -1.69. The van der Waals surface area contributed by atoms with Gasteiger partial charge in [-0.3, -0.25) is 4.79 Å². The molecule has 1 aromatic carbocycles. The molecule has 0 amide bonds. The molecule has 0 aliphatic rings. The third-order valence-electron chi connectivity index (χ3n) is 2.78.